The minimum absolute atomic E-state index is 0.445. The minimum atomic E-state index is -1.50. The highest BCUT2D eigenvalue weighted by atomic mass is 16.5. The lowest BCUT2D eigenvalue weighted by molar-refractivity contribution is 0.285. The number of nitrogens with one attached hydrogen (secondary N) is 1. The Bertz CT molecular complexity index is 1320. The number of hydrogen-bond donors (Lipinski definition) is 4. The van der Waals surface area contributed by atoms with E-state index in [-0.39, 0.29) is 0 Å². The van der Waals surface area contributed by atoms with Gasteiger partial charge in [0.05, 0.1) is 17.8 Å². The Morgan fingerprint density at radius 2 is 2.00 bits per heavy atom. The molecule has 0 bridgehead atoms. The molecule has 0 fully saturated rings. The summed E-state index contributed by atoms with van der Waals surface area (Å²) < 4.78 is 7.99. The summed E-state index contributed by atoms with van der Waals surface area (Å²) in [4.78, 5) is 9.72. The molecular formula is C24H26BN5O3. The molecule has 0 radical (unpaired) electrons. The van der Waals surface area contributed by atoms with Gasteiger partial charge in [-0.05, 0) is 48.5 Å². The Morgan fingerprint density at radius 1 is 1.15 bits per heavy atom. The zero-order valence-corrected chi connectivity index (χ0v) is 18.5. The summed E-state index contributed by atoms with van der Waals surface area (Å²) in [7, 11) is -1.50. The fourth-order valence-corrected chi connectivity index (χ4v) is 4.36. The first-order valence-corrected chi connectivity index (χ1v) is 11.1. The van der Waals surface area contributed by atoms with Crippen LogP contribution >= 0.6 is 0 Å². The smallest absolute Gasteiger partial charge is 0.488 e. The van der Waals surface area contributed by atoms with Crippen LogP contribution in [0.25, 0.3) is 16.9 Å². The average molecular weight is 443 g/mol. The predicted molar refractivity (Wildman–Crippen MR) is 129 cm³/mol. The average Bonchev–Trinajstić information content (AvgIpc) is 3.18. The first-order valence-electron chi connectivity index (χ1n) is 11.1. The standard InChI is InChI=1S/C24H26BN5O3/c1-15-11-19-17(13-26)6-3-9-21(19)30(15)24-28-20-8-4-10-33-22(20)23(29-24)27-14-16-5-2-7-18(12-16)25(31)32/h2-3,5-7,9,11-12,31-32H,4,8,10,13-14,26H2,1H3,(H,27,28,29). The Morgan fingerprint density at radius 3 is 2.82 bits per heavy atom. The fraction of sp³-hybridized carbons (Fsp3) is 0.250. The van der Waals surface area contributed by atoms with E-state index >= 15 is 0 Å². The van der Waals surface area contributed by atoms with E-state index in [1.807, 2.05) is 25.1 Å². The molecule has 8 nitrogen and oxygen atoms in total. The predicted octanol–water partition coefficient (Wildman–Crippen LogP) is 1.80. The molecule has 0 aliphatic carbocycles. The number of nitrogens with two attached hydrogens (primary N) is 1. The van der Waals surface area contributed by atoms with E-state index in [0.29, 0.717) is 42.7 Å². The number of anilines is 1. The third-order valence-corrected chi connectivity index (χ3v) is 5.98. The molecule has 3 heterocycles. The molecule has 168 valence electrons. The van der Waals surface area contributed by atoms with E-state index in [1.54, 1.807) is 18.2 Å². The molecule has 0 atom stereocenters. The van der Waals surface area contributed by atoms with Crippen LogP contribution in [0.15, 0.2) is 48.5 Å². The SMILES string of the molecule is Cc1cc2c(CN)cccc2n1-c1nc2c(c(NCc3cccc(B(O)O)c3)n1)OCCC2. The third-order valence-electron chi connectivity index (χ3n) is 5.98. The van der Waals surface area contributed by atoms with Gasteiger partial charge in [-0.15, -0.1) is 0 Å². The molecule has 5 N–H and O–H groups in total. The molecule has 2 aromatic heterocycles. The number of hydrogen-bond acceptors (Lipinski definition) is 7. The Labute approximate surface area is 192 Å². The van der Waals surface area contributed by atoms with Gasteiger partial charge in [0.1, 0.15) is 0 Å². The molecule has 2 aromatic carbocycles. The summed E-state index contributed by atoms with van der Waals surface area (Å²) in [5.74, 6) is 1.89. The van der Waals surface area contributed by atoms with Gasteiger partial charge in [-0.1, -0.05) is 36.4 Å². The number of aromatic nitrogens is 3. The van der Waals surface area contributed by atoms with Gasteiger partial charge in [0.2, 0.25) is 5.95 Å². The highest BCUT2D eigenvalue weighted by Gasteiger charge is 2.22. The summed E-state index contributed by atoms with van der Waals surface area (Å²) in [5, 5.41) is 23.4. The Balaban J connectivity index is 1.56. The van der Waals surface area contributed by atoms with Crippen molar-refractivity contribution in [1.29, 1.82) is 0 Å². The highest BCUT2D eigenvalue weighted by molar-refractivity contribution is 6.58. The third kappa shape index (κ3) is 4.06. The van der Waals surface area contributed by atoms with Gasteiger partial charge in [-0.2, -0.15) is 4.98 Å². The lowest BCUT2D eigenvalue weighted by Crippen LogP contribution is -2.30. The number of fused-ring (bicyclic) bond motifs is 2. The maximum Gasteiger partial charge on any atom is 0.488 e. The van der Waals surface area contributed by atoms with Crippen molar-refractivity contribution in [3.8, 4) is 11.7 Å². The van der Waals surface area contributed by atoms with Gasteiger partial charge in [0.25, 0.3) is 0 Å². The van der Waals surface area contributed by atoms with Crippen molar-refractivity contribution < 1.29 is 14.8 Å². The van der Waals surface area contributed by atoms with Crippen molar-refractivity contribution in [2.75, 3.05) is 11.9 Å². The topological polar surface area (TPSA) is 118 Å². The number of benzene rings is 2. The lowest BCUT2D eigenvalue weighted by Gasteiger charge is -2.21. The van der Waals surface area contributed by atoms with E-state index in [9.17, 15) is 10.0 Å². The zero-order valence-electron chi connectivity index (χ0n) is 18.5. The van der Waals surface area contributed by atoms with Gasteiger partial charge in [-0.25, -0.2) is 4.98 Å². The number of ether oxygens (including phenoxy) is 1. The second kappa shape index (κ2) is 8.86. The summed E-state index contributed by atoms with van der Waals surface area (Å²) in [6.07, 6.45) is 1.72. The van der Waals surface area contributed by atoms with Crippen LogP contribution in [-0.2, 0) is 19.5 Å². The van der Waals surface area contributed by atoms with Gasteiger partial charge in [-0.3, -0.25) is 4.57 Å². The van der Waals surface area contributed by atoms with Crippen LogP contribution in [0.1, 0.15) is 28.9 Å². The van der Waals surface area contributed by atoms with Crippen molar-refractivity contribution in [3.05, 3.63) is 71.0 Å². The van der Waals surface area contributed by atoms with Gasteiger partial charge in [0.15, 0.2) is 11.6 Å². The molecular weight excluding hydrogens is 417 g/mol. The van der Waals surface area contributed by atoms with Crippen LogP contribution in [0, 0.1) is 6.92 Å². The van der Waals surface area contributed by atoms with E-state index in [0.717, 1.165) is 46.3 Å². The van der Waals surface area contributed by atoms with Gasteiger partial charge >= 0.3 is 7.12 Å². The molecule has 5 rings (SSSR count). The van der Waals surface area contributed by atoms with Crippen LogP contribution in [0.4, 0.5) is 5.82 Å². The van der Waals surface area contributed by atoms with Crippen LogP contribution < -0.4 is 21.3 Å². The number of rotatable bonds is 6. The number of aryl methyl sites for hydroxylation is 2. The second-order valence-corrected chi connectivity index (χ2v) is 8.25. The summed E-state index contributed by atoms with van der Waals surface area (Å²) in [6, 6.07) is 15.4. The van der Waals surface area contributed by atoms with Gasteiger partial charge < -0.3 is 25.8 Å². The summed E-state index contributed by atoms with van der Waals surface area (Å²) in [5.41, 5.74) is 11.3. The molecule has 0 saturated heterocycles. The van der Waals surface area contributed by atoms with Crippen LogP contribution in [-0.4, -0.2) is 38.3 Å². The second-order valence-electron chi connectivity index (χ2n) is 8.25. The maximum absolute atomic E-state index is 9.47. The molecule has 1 aliphatic rings. The van der Waals surface area contributed by atoms with E-state index in [4.69, 9.17) is 20.4 Å². The summed E-state index contributed by atoms with van der Waals surface area (Å²) >= 11 is 0. The largest absolute Gasteiger partial charge is 0.488 e. The van der Waals surface area contributed by atoms with Gasteiger partial charge in [0, 0.05) is 24.2 Å². The van der Waals surface area contributed by atoms with Crippen LogP contribution in [0.2, 0.25) is 0 Å². The molecule has 33 heavy (non-hydrogen) atoms. The molecule has 0 spiro atoms. The highest BCUT2D eigenvalue weighted by Crippen LogP contribution is 2.33. The maximum atomic E-state index is 9.47. The van der Waals surface area contributed by atoms with Crippen molar-refractivity contribution in [3.63, 3.8) is 0 Å². The van der Waals surface area contributed by atoms with Crippen molar-refractivity contribution >= 4 is 29.3 Å². The van der Waals surface area contributed by atoms with E-state index in [1.165, 1.54) is 0 Å². The van der Waals surface area contributed by atoms with Crippen LogP contribution in [0.5, 0.6) is 5.75 Å². The Hall–Kier alpha value is -3.40. The van der Waals surface area contributed by atoms with E-state index in [2.05, 4.69) is 22.0 Å². The quantitative estimate of drug-likeness (QED) is 0.336. The lowest BCUT2D eigenvalue weighted by atomic mass is 9.80. The zero-order chi connectivity index (χ0) is 22.9. The van der Waals surface area contributed by atoms with Crippen LogP contribution in [0.3, 0.4) is 0 Å². The van der Waals surface area contributed by atoms with E-state index < -0.39 is 7.12 Å². The van der Waals surface area contributed by atoms with Crippen molar-refractivity contribution in [1.82, 2.24) is 14.5 Å². The Kier molecular flexibility index (Phi) is 5.76. The molecule has 4 aromatic rings. The normalized spacial score (nSPS) is 13.0. The molecule has 9 heteroatoms. The molecule has 0 saturated carbocycles. The first kappa shape index (κ1) is 21.5. The van der Waals surface area contributed by atoms with Crippen molar-refractivity contribution in [2.45, 2.75) is 32.9 Å². The molecule has 1 aliphatic heterocycles. The molecule has 0 unspecified atom stereocenters. The molecule has 0 amide bonds. The summed E-state index contributed by atoms with van der Waals surface area (Å²) in [6.45, 7) is 3.59. The minimum Gasteiger partial charge on any atom is -0.488 e. The first-order chi connectivity index (χ1) is 16.0. The fourth-order valence-electron chi connectivity index (χ4n) is 4.36. The monoisotopic (exact) mass is 443 g/mol. The van der Waals surface area contributed by atoms with Crippen molar-refractivity contribution in [2.24, 2.45) is 5.73 Å². The number of nitrogens with zero attached hydrogens (tertiary/aromatic N) is 3.